The second-order valence-corrected chi connectivity index (χ2v) is 4.62. The Morgan fingerprint density at radius 1 is 1.27 bits per heavy atom. The van der Waals surface area contributed by atoms with E-state index in [1.54, 1.807) is 37.3 Å². The number of nitrogens with one attached hydrogen (secondary N) is 1. The molecular weight excluding hydrogens is 284 g/mol. The van der Waals surface area contributed by atoms with Crippen molar-refractivity contribution in [1.29, 1.82) is 0 Å². The van der Waals surface area contributed by atoms with Gasteiger partial charge in [0.15, 0.2) is 0 Å². The van der Waals surface area contributed by atoms with E-state index in [2.05, 4.69) is 5.32 Å². The van der Waals surface area contributed by atoms with Gasteiger partial charge in [0.25, 0.3) is 11.6 Å². The molecule has 2 aromatic rings. The molecule has 6 nitrogen and oxygen atoms in total. The van der Waals surface area contributed by atoms with Gasteiger partial charge in [0.05, 0.1) is 22.8 Å². The molecule has 0 spiro atoms. The first-order valence-electron chi connectivity index (χ1n) is 6.81. The van der Waals surface area contributed by atoms with E-state index in [1.807, 2.05) is 6.92 Å². The fourth-order valence-corrected chi connectivity index (χ4v) is 2.04. The van der Waals surface area contributed by atoms with Gasteiger partial charge in [-0.15, -0.1) is 0 Å². The number of rotatable bonds is 5. The molecule has 0 saturated heterocycles. The molecule has 0 aliphatic carbocycles. The number of carbonyl (C=O) groups excluding carboxylic acids is 1. The highest BCUT2D eigenvalue weighted by Crippen LogP contribution is 2.25. The SMILES string of the molecule is CCOc1cccc(C(=O)Nc2cccc([N+](=O)[O-])c2C)c1. The number of ether oxygens (including phenoxy) is 1. The fraction of sp³-hybridized carbons (Fsp3) is 0.188. The molecule has 0 heterocycles. The van der Waals surface area contributed by atoms with Gasteiger partial charge in [-0.3, -0.25) is 14.9 Å². The normalized spacial score (nSPS) is 10.1. The van der Waals surface area contributed by atoms with Crippen LogP contribution < -0.4 is 10.1 Å². The number of nitrogens with zero attached hydrogens (tertiary/aromatic N) is 1. The van der Waals surface area contributed by atoms with E-state index in [0.717, 1.165) is 0 Å². The third-order valence-electron chi connectivity index (χ3n) is 3.16. The summed E-state index contributed by atoms with van der Waals surface area (Å²) in [5.41, 5.74) is 1.24. The lowest BCUT2D eigenvalue weighted by Gasteiger charge is -2.09. The van der Waals surface area contributed by atoms with Crippen molar-refractivity contribution >= 4 is 17.3 Å². The third kappa shape index (κ3) is 3.41. The molecule has 1 amide bonds. The summed E-state index contributed by atoms with van der Waals surface area (Å²) in [4.78, 5) is 22.7. The van der Waals surface area contributed by atoms with Crippen LogP contribution in [0.5, 0.6) is 5.75 Å². The lowest BCUT2D eigenvalue weighted by atomic mass is 10.1. The minimum absolute atomic E-state index is 0.0270. The Morgan fingerprint density at radius 2 is 2.00 bits per heavy atom. The number of nitro groups is 1. The Balaban J connectivity index is 2.24. The van der Waals surface area contributed by atoms with Crippen LogP contribution in [0.25, 0.3) is 0 Å². The summed E-state index contributed by atoms with van der Waals surface area (Å²) in [6, 6.07) is 11.3. The maximum Gasteiger partial charge on any atom is 0.274 e. The molecule has 0 saturated carbocycles. The fourth-order valence-electron chi connectivity index (χ4n) is 2.04. The molecule has 6 heteroatoms. The van der Waals surface area contributed by atoms with Crippen LogP contribution in [0.2, 0.25) is 0 Å². The van der Waals surface area contributed by atoms with Gasteiger partial charge in [0.2, 0.25) is 0 Å². The molecule has 0 aliphatic heterocycles. The molecule has 0 aliphatic rings. The predicted molar refractivity (Wildman–Crippen MR) is 83.4 cm³/mol. The zero-order valence-corrected chi connectivity index (χ0v) is 12.3. The van der Waals surface area contributed by atoms with E-state index in [9.17, 15) is 14.9 Å². The van der Waals surface area contributed by atoms with Crippen LogP contribution in [0.15, 0.2) is 42.5 Å². The Labute approximate surface area is 127 Å². The molecule has 0 aromatic heterocycles. The topological polar surface area (TPSA) is 81.5 Å². The summed E-state index contributed by atoms with van der Waals surface area (Å²) in [5, 5.41) is 13.6. The molecule has 114 valence electrons. The van der Waals surface area contributed by atoms with Crippen LogP contribution >= 0.6 is 0 Å². The van der Waals surface area contributed by atoms with Gasteiger partial charge in [0.1, 0.15) is 5.75 Å². The minimum atomic E-state index is -0.472. The van der Waals surface area contributed by atoms with Crippen molar-refractivity contribution in [2.45, 2.75) is 13.8 Å². The summed E-state index contributed by atoms with van der Waals surface area (Å²) in [6.45, 7) is 3.97. The summed E-state index contributed by atoms with van der Waals surface area (Å²) in [5.74, 6) is 0.260. The highest BCUT2D eigenvalue weighted by Gasteiger charge is 2.15. The maximum atomic E-state index is 12.3. The number of carbonyl (C=O) groups is 1. The van der Waals surface area contributed by atoms with Gasteiger partial charge >= 0.3 is 0 Å². The largest absolute Gasteiger partial charge is 0.494 e. The number of anilines is 1. The van der Waals surface area contributed by atoms with E-state index in [1.165, 1.54) is 12.1 Å². The number of nitro benzene ring substituents is 1. The summed E-state index contributed by atoms with van der Waals surface area (Å²) >= 11 is 0. The van der Waals surface area contributed by atoms with Crippen LogP contribution in [0.1, 0.15) is 22.8 Å². The van der Waals surface area contributed by atoms with E-state index < -0.39 is 4.92 Å². The van der Waals surface area contributed by atoms with Gasteiger partial charge in [-0.05, 0) is 38.1 Å². The first-order chi connectivity index (χ1) is 10.5. The number of hydrogen-bond acceptors (Lipinski definition) is 4. The lowest BCUT2D eigenvalue weighted by molar-refractivity contribution is -0.385. The predicted octanol–water partition coefficient (Wildman–Crippen LogP) is 3.55. The second kappa shape index (κ2) is 6.71. The smallest absolute Gasteiger partial charge is 0.274 e. The Morgan fingerprint density at radius 3 is 2.68 bits per heavy atom. The molecule has 0 bridgehead atoms. The van der Waals surface area contributed by atoms with Crippen molar-refractivity contribution in [3.8, 4) is 5.75 Å². The molecule has 2 rings (SSSR count). The monoisotopic (exact) mass is 300 g/mol. The van der Waals surface area contributed by atoms with Crippen LogP contribution in [-0.2, 0) is 0 Å². The first-order valence-corrected chi connectivity index (χ1v) is 6.81. The molecule has 0 fully saturated rings. The third-order valence-corrected chi connectivity index (χ3v) is 3.16. The van der Waals surface area contributed by atoms with Crippen LogP contribution in [0.3, 0.4) is 0 Å². The highest BCUT2D eigenvalue weighted by molar-refractivity contribution is 6.05. The number of hydrogen-bond donors (Lipinski definition) is 1. The Hall–Kier alpha value is -2.89. The molecule has 0 radical (unpaired) electrons. The summed E-state index contributed by atoms with van der Waals surface area (Å²) < 4.78 is 5.35. The average Bonchev–Trinajstić information content (AvgIpc) is 2.49. The Kier molecular flexibility index (Phi) is 4.73. The number of amides is 1. The first kappa shape index (κ1) is 15.5. The van der Waals surface area contributed by atoms with Crippen molar-refractivity contribution in [1.82, 2.24) is 0 Å². The quantitative estimate of drug-likeness (QED) is 0.676. The van der Waals surface area contributed by atoms with Crippen LogP contribution in [0, 0.1) is 17.0 Å². The van der Waals surface area contributed by atoms with Gasteiger partial charge in [-0.25, -0.2) is 0 Å². The molecule has 0 atom stereocenters. The molecule has 22 heavy (non-hydrogen) atoms. The highest BCUT2D eigenvalue weighted by atomic mass is 16.6. The van der Waals surface area contributed by atoms with Crippen LogP contribution in [-0.4, -0.2) is 17.4 Å². The van der Waals surface area contributed by atoms with Gasteiger partial charge in [-0.2, -0.15) is 0 Å². The van der Waals surface area contributed by atoms with Crippen molar-refractivity contribution in [2.24, 2.45) is 0 Å². The number of benzene rings is 2. The van der Waals surface area contributed by atoms with Crippen molar-refractivity contribution in [2.75, 3.05) is 11.9 Å². The molecule has 1 N–H and O–H groups in total. The van der Waals surface area contributed by atoms with E-state index >= 15 is 0 Å². The van der Waals surface area contributed by atoms with Gasteiger partial charge < -0.3 is 10.1 Å². The maximum absolute atomic E-state index is 12.3. The second-order valence-electron chi connectivity index (χ2n) is 4.62. The van der Waals surface area contributed by atoms with E-state index in [0.29, 0.717) is 29.2 Å². The molecule has 0 unspecified atom stereocenters. The molecule has 2 aromatic carbocycles. The zero-order chi connectivity index (χ0) is 16.1. The van der Waals surface area contributed by atoms with Crippen molar-refractivity contribution in [3.63, 3.8) is 0 Å². The molecular formula is C16H16N2O4. The van der Waals surface area contributed by atoms with Gasteiger partial charge in [0, 0.05) is 11.6 Å². The lowest BCUT2D eigenvalue weighted by Crippen LogP contribution is -2.13. The standard InChI is InChI=1S/C16H16N2O4/c1-3-22-13-7-4-6-12(10-13)16(19)17-14-8-5-9-15(11(14)2)18(20)21/h4-10H,3H2,1-2H3,(H,17,19). The van der Waals surface area contributed by atoms with E-state index in [-0.39, 0.29) is 11.6 Å². The minimum Gasteiger partial charge on any atom is -0.494 e. The zero-order valence-electron chi connectivity index (χ0n) is 12.3. The Bertz CT molecular complexity index is 713. The van der Waals surface area contributed by atoms with E-state index in [4.69, 9.17) is 4.74 Å². The van der Waals surface area contributed by atoms with Gasteiger partial charge in [-0.1, -0.05) is 12.1 Å². The van der Waals surface area contributed by atoms with Crippen molar-refractivity contribution in [3.05, 3.63) is 63.7 Å². The average molecular weight is 300 g/mol. The summed E-state index contributed by atoms with van der Waals surface area (Å²) in [7, 11) is 0. The summed E-state index contributed by atoms with van der Waals surface area (Å²) in [6.07, 6.45) is 0. The van der Waals surface area contributed by atoms with Crippen molar-refractivity contribution < 1.29 is 14.5 Å². The van der Waals surface area contributed by atoms with Crippen LogP contribution in [0.4, 0.5) is 11.4 Å².